The molecule has 210 valence electrons. The van der Waals surface area contributed by atoms with Crippen molar-refractivity contribution in [2.24, 2.45) is 5.92 Å². The number of amides is 3. The third-order valence-corrected chi connectivity index (χ3v) is 6.80. The summed E-state index contributed by atoms with van der Waals surface area (Å²) in [4.78, 5) is 48.5. The van der Waals surface area contributed by atoms with Crippen LogP contribution in [0.4, 0.5) is 18.9 Å². The third-order valence-electron chi connectivity index (χ3n) is 6.80. The zero-order valence-corrected chi connectivity index (χ0v) is 21.6. The Bertz CT molecular complexity index is 1150. The smallest absolute Gasteiger partial charge is 0.475 e. The predicted octanol–water partition coefficient (Wildman–Crippen LogP) is 4.79. The lowest BCUT2D eigenvalue weighted by molar-refractivity contribution is -0.192. The van der Waals surface area contributed by atoms with E-state index in [0.29, 0.717) is 48.8 Å². The van der Waals surface area contributed by atoms with Crippen LogP contribution in [-0.4, -0.2) is 59.0 Å². The Hall–Kier alpha value is -3.89. The fourth-order valence-corrected chi connectivity index (χ4v) is 4.52. The number of halogens is 3. The van der Waals surface area contributed by atoms with E-state index in [-0.39, 0.29) is 23.6 Å². The molecule has 0 bridgehead atoms. The molecule has 39 heavy (non-hydrogen) atoms. The van der Waals surface area contributed by atoms with Gasteiger partial charge in [-0.15, -0.1) is 0 Å². The van der Waals surface area contributed by atoms with Crippen LogP contribution in [0.3, 0.4) is 0 Å². The summed E-state index contributed by atoms with van der Waals surface area (Å²) in [6.07, 6.45) is 0.900. The fourth-order valence-electron chi connectivity index (χ4n) is 4.52. The first-order valence-electron chi connectivity index (χ1n) is 12.8. The fraction of sp³-hybridized carbons (Fsp3) is 0.429. The van der Waals surface area contributed by atoms with E-state index in [9.17, 15) is 27.6 Å². The molecule has 0 aromatic heterocycles. The van der Waals surface area contributed by atoms with Crippen molar-refractivity contribution in [3.05, 3.63) is 65.2 Å². The summed E-state index contributed by atoms with van der Waals surface area (Å²) in [5.41, 5.74) is 2.93. The minimum absolute atomic E-state index is 0.000914. The van der Waals surface area contributed by atoms with Crippen molar-refractivity contribution in [3.8, 4) is 0 Å². The molecule has 0 unspecified atom stereocenters. The Kier molecular flexibility index (Phi) is 10.1. The second-order valence-corrected chi connectivity index (χ2v) is 9.76. The number of piperidine rings is 1. The van der Waals surface area contributed by atoms with Gasteiger partial charge in [-0.25, -0.2) is 4.79 Å². The number of carboxylic acids is 1. The van der Waals surface area contributed by atoms with Gasteiger partial charge in [0.1, 0.15) is 0 Å². The van der Waals surface area contributed by atoms with Crippen molar-refractivity contribution in [1.82, 2.24) is 10.2 Å². The van der Waals surface area contributed by atoms with Crippen LogP contribution in [0.25, 0.3) is 0 Å². The molecule has 11 heteroatoms. The SMILES string of the molecule is Cc1ccc(C(=O)Nc2ccc(C(=O)N3CCC(C(=O)NC4CCCC4)CC3)cc2)cc1.O=C(O)C(F)(F)F. The number of rotatable bonds is 5. The van der Waals surface area contributed by atoms with Crippen LogP contribution in [0.2, 0.25) is 0 Å². The van der Waals surface area contributed by atoms with E-state index in [2.05, 4.69) is 10.6 Å². The average Bonchev–Trinajstić information content (AvgIpc) is 3.42. The number of hydrogen-bond donors (Lipinski definition) is 3. The minimum atomic E-state index is -5.08. The Labute approximate surface area is 224 Å². The molecule has 2 aromatic rings. The normalized spacial score (nSPS) is 16.2. The van der Waals surface area contributed by atoms with Gasteiger partial charge >= 0.3 is 12.1 Å². The molecule has 0 radical (unpaired) electrons. The van der Waals surface area contributed by atoms with Gasteiger partial charge in [-0.3, -0.25) is 14.4 Å². The molecule has 2 fully saturated rings. The molecule has 8 nitrogen and oxygen atoms in total. The number of nitrogens with one attached hydrogen (secondary N) is 2. The van der Waals surface area contributed by atoms with Gasteiger partial charge in [-0.2, -0.15) is 13.2 Å². The largest absolute Gasteiger partial charge is 0.490 e. The topological polar surface area (TPSA) is 116 Å². The molecule has 1 saturated carbocycles. The van der Waals surface area contributed by atoms with Gasteiger partial charge in [0, 0.05) is 41.9 Å². The molecular weight excluding hydrogens is 515 g/mol. The van der Waals surface area contributed by atoms with Crippen molar-refractivity contribution >= 4 is 29.4 Å². The number of carbonyl (C=O) groups is 4. The van der Waals surface area contributed by atoms with E-state index in [4.69, 9.17) is 9.90 Å². The molecule has 4 rings (SSSR count). The lowest BCUT2D eigenvalue weighted by atomic mass is 9.95. The zero-order valence-electron chi connectivity index (χ0n) is 21.6. The molecule has 3 amide bonds. The van der Waals surface area contributed by atoms with E-state index in [1.165, 1.54) is 12.8 Å². The molecule has 0 atom stereocenters. The Morgan fingerprint density at radius 2 is 1.36 bits per heavy atom. The highest BCUT2D eigenvalue weighted by molar-refractivity contribution is 6.04. The third kappa shape index (κ3) is 8.83. The molecule has 1 aliphatic carbocycles. The van der Waals surface area contributed by atoms with Crippen LogP contribution in [0.1, 0.15) is 64.8 Å². The van der Waals surface area contributed by atoms with Crippen LogP contribution in [0.5, 0.6) is 0 Å². The molecular formula is C28H32F3N3O5. The van der Waals surface area contributed by atoms with Gasteiger partial charge in [0.15, 0.2) is 0 Å². The molecule has 3 N–H and O–H groups in total. The summed E-state index contributed by atoms with van der Waals surface area (Å²) >= 11 is 0. The Morgan fingerprint density at radius 3 is 1.87 bits per heavy atom. The van der Waals surface area contributed by atoms with Crippen molar-refractivity contribution < 1.29 is 37.5 Å². The molecule has 0 spiro atoms. The van der Waals surface area contributed by atoms with Crippen molar-refractivity contribution in [2.75, 3.05) is 18.4 Å². The Morgan fingerprint density at radius 1 is 0.846 bits per heavy atom. The second kappa shape index (κ2) is 13.3. The maximum Gasteiger partial charge on any atom is 0.490 e. The highest BCUT2D eigenvalue weighted by Gasteiger charge is 2.38. The van der Waals surface area contributed by atoms with Crippen LogP contribution in [0.15, 0.2) is 48.5 Å². The number of benzene rings is 2. The lowest BCUT2D eigenvalue weighted by Crippen LogP contribution is -2.44. The van der Waals surface area contributed by atoms with Crippen molar-refractivity contribution in [3.63, 3.8) is 0 Å². The van der Waals surface area contributed by atoms with Crippen LogP contribution < -0.4 is 10.6 Å². The standard InChI is InChI=1S/C26H31N3O3.C2HF3O2/c1-18-6-8-19(9-7-18)24(30)28-23-12-10-21(11-13-23)26(32)29-16-14-20(15-17-29)25(31)27-22-4-2-3-5-22;3-2(4,5)1(6)7/h6-13,20,22H,2-5,14-17H2,1H3,(H,27,31)(H,28,30);(H,6,7). The highest BCUT2D eigenvalue weighted by atomic mass is 19.4. The summed E-state index contributed by atoms with van der Waals surface area (Å²) in [5, 5.41) is 13.2. The van der Waals surface area contributed by atoms with Gasteiger partial charge in [0.05, 0.1) is 0 Å². The van der Waals surface area contributed by atoms with Gasteiger partial charge in [0.25, 0.3) is 11.8 Å². The van der Waals surface area contributed by atoms with Crippen LogP contribution in [0, 0.1) is 12.8 Å². The Balaban J connectivity index is 0.000000532. The number of anilines is 1. The van der Waals surface area contributed by atoms with Gasteiger partial charge in [0.2, 0.25) is 5.91 Å². The van der Waals surface area contributed by atoms with E-state index in [1.807, 2.05) is 24.0 Å². The molecule has 1 heterocycles. The molecule has 2 aromatic carbocycles. The van der Waals surface area contributed by atoms with E-state index in [0.717, 1.165) is 18.4 Å². The van der Waals surface area contributed by atoms with Gasteiger partial charge in [-0.1, -0.05) is 30.5 Å². The number of likely N-dealkylation sites (tertiary alicyclic amines) is 1. The predicted molar refractivity (Wildman–Crippen MR) is 138 cm³/mol. The summed E-state index contributed by atoms with van der Waals surface area (Å²) in [5.74, 6) is -2.82. The molecule has 2 aliphatic rings. The number of nitrogens with zero attached hydrogens (tertiary/aromatic N) is 1. The first-order valence-corrected chi connectivity index (χ1v) is 12.8. The molecule has 1 aliphatic heterocycles. The summed E-state index contributed by atoms with van der Waals surface area (Å²) in [6.45, 7) is 3.16. The van der Waals surface area contributed by atoms with E-state index in [1.54, 1.807) is 36.4 Å². The number of aliphatic carboxylic acids is 1. The zero-order chi connectivity index (χ0) is 28.6. The lowest BCUT2D eigenvalue weighted by Gasteiger charge is -2.32. The number of carboxylic acid groups (broad SMARTS) is 1. The quantitative estimate of drug-likeness (QED) is 0.498. The number of alkyl halides is 3. The second-order valence-electron chi connectivity index (χ2n) is 9.76. The van der Waals surface area contributed by atoms with Crippen LogP contribution in [-0.2, 0) is 9.59 Å². The van der Waals surface area contributed by atoms with Crippen LogP contribution >= 0.6 is 0 Å². The summed E-state index contributed by atoms with van der Waals surface area (Å²) in [7, 11) is 0. The maximum atomic E-state index is 12.9. The highest BCUT2D eigenvalue weighted by Crippen LogP contribution is 2.23. The van der Waals surface area contributed by atoms with Crippen molar-refractivity contribution in [2.45, 2.75) is 57.7 Å². The monoisotopic (exact) mass is 547 g/mol. The summed E-state index contributed by atoms with van der Waals surface area (Å²) < 4.78 is 31.7. The van der Waals surface area contributed by atoms with Gasteiger partial charge in [-0.05, 0) is 69.0 Å². The maximum absolute atomic E-state index is 12.9. The van der Waals surface area contributed by atoms with Crippen molar-refractivity contribution in [1.29, 1.82) is 0 Å². The van der Waals surface area contributed by atoms with E-state index >= 15 is 0 Å². The molecule has 1 saturated heterocycles. The first-order chi connectivity index (χ1) is 18.4. The number of aryl methyl sites for hydroxylation is 1. The van der Waals surface area contributed by atoms with Gasteiger partial charge < -0.3 is 20.6 Å². The summed E-state index contributed by atoms with van der Waals surface area (Å²) in [6, 6.07) is 14.7. The number of hydrogen-bond acceptors (Lipinski definition) is 4. The average molecular weight is 548 g/mol. The first kappa shape index (κ1) is 29.7. The van der Waals surface area contributed by atoms with E-state index < -0.39 is 12.1 Å². The number of carbonyl (C=O) groups excluding carboxylic acids is 3. The minimum Gasteiger partial charge on any atom is -0.475 e.